The Bertz CT molecular complexity index is 989. The van der Waals surface area contributed by atoms with E-state index in [-0.39, 0.29) is 11.7 Å². The number of esters is 1. The lowest BCUT2D eigenvalue weighted by Gasteiger charge is -2.09. The summed E-state index contributed by atoms with van der Waals surface area (Å²) in [6.07, 6.45) is 3.82. The van der Waals surface area contributed by atoms with Gasteiger partial charge in [0.2, 0.25) is 0 Å². The Hall–Kier alpha value is -3.74. The Morgan fingerprint density at radius 3 is 2.38 bits per heavy atom. The van der Waals surface area contributed by atoms with Gasteiger partial charge < -0.3 is 15.4 Å². The Labute approximate surface area is 167 Å². The number of anilines is 2. The first-order valence-electron chi connectivity index (χ1n) is 8.98. The first-order chi connectivity index (χ1) is 14.0. The van der Waals surface area contributed by atoms with Crippen LogP contribution in [-0.2, 0) is 11.2 Å². The van der Waals surface area contributed by atoms with Gasteiger partial charge in [0.1, 0.15) is 5.82 Å². The Balaban J connectivity index is 1.57. The summed E-state index contributed by atoms with van der Waals surface area (Å²) < 4.78 is 17.6. The maximum absolute atomic E-state index is 12.9. The van der Waals surface area contributed by atoms with E-state index in [0.29, 0.717) is 35.5 Å². The van der Waals surface area contributed by atoms with Gasteiger partial charge in [-0.2, -0.15) is 0 Å². The zero-order chi connectivity index (χ0) is 20.6. The van der Waals surface area contributed by atoms with Gasteiger partial charge in [-0.25, -0.2) is 9.18 Å². The molecule has 6 nitrogen and oxygen atoms in total. The Morgan fingerprint density at radius 1 is 0.966 bits per heavy atom. The Morgan fingerprint density at radius 2 is 1.69 bits per heavy atom. The summed E-state index contributed by atoms with van der Waals surface area (Å²) in [4.78, 5) is 28.0. The fraction of sp³-hybridized carbons (Fsp3) is 0.136. The van der Waals surface area contributed by atoms with E-state index >= 15 is 0 Å². The second-order valence-electron chi connectivity index (χ2n) is 6.29. The first-order valence-corrected chi connectivity index (χ1v) is 8.98. The van der Waals surface area contributed by atoms with Crippen LogP contribution in [-0.4, -0.2) is 30.5 Å². The van der Waals surface area contributed by atoms with E-state index in [1.54, 1.807) is 48.7 Å². The van der Waals surface area contributed by atoms with Crippen LogP contribution in [0.5, 0.6) is 0 Å². The zero-order valence-electron chi connectivity index (χ0n) is 15.8. The van der Waals surface area contributed by atoms with Crippen molar-refractivity contribution < 1.29 is 18.7 Å². The van der Waals surface area contributed by atoms with E-state index in [9.17, 15) is 14.0 Å². The van der Waals surface area contributed by atoms with Gasteiger partial charge >= 0.3 is 5.97 Å². The SMILES string of the molecule is COC(=O)c1ccc(NC(=O)c2cncc(NCCc3ccc(F)cc3)c2)cc1. The third-order valence-electron chi connectivity index (χ3n) is 4.22. The molecule has 0 unspecified atom stereocenters. The van der Waals surface area contributed by atoms with Crippen molar-refractivity contribution in [1.82, 2.24) is 4.98 Å². The second-order valence-corrected chi connectivity index (χ2v) is 6.29. The third-order valence-corrected chi connectivity index (χ3v) is 4.22. The lowest BCUT2D eigenvalue weighted by Crippen LogP contribution is -2.13. The number of aromatic nitrogens is 1. The van der Waals surface area contributed by atoms with Gasteiger partial charge in [-0.3, -0.25) is 9.78 Å². The van der Waals surface area contributed by atoms with Gasteiger partial charge in [-0.15, -0.1) is 0 Å². The fourth-order valence-corrected chi connectivity index (χ4v) is 2.67. The molecule has 0 fully saturated rings. The number of rotatable bonds is 7. The van der Waals surface area contributed by atoms with Crippen molar-refractivity contribution >= 4 is 23.3 Å². The molecule has 1 aromatic heterocycles. The van der Waals surface area contributed by atoms with E-state index in [0.717, 1.165) is 5.56 Å². The molecule has 29 heavy (non-hydrogen) atoms. The number of methoxy groups -OCH3 is 1. The molecule has 0 atom stereocenters. The van der Waals surface area contributed by atoms with Gasteiger partial charge in [-0.1, -0.05) is 12.1 Å². The van der Waals surface area contributed by atoms with Crippen LogP contribution in [0.25, 0.3) is 0 Å². The molecule has 0 spiro atoms. The standard InChI is InChI=1S/C22H20FN3O3/c1-29-22(28)16-4-8-19(9-5-16)26-21(27)17-12-20(14-24-13-17)25-11-10-15-2-6-18(23)7-3-15/h2-9,12-14,25H,10-11H2,1H3,(H,26,27). The lowest BCUT2D eigenvalue weighted by molar-refractivity contribution is 0.0600. The van der Waals surface area contributed by atoms with Crippen LogP contribution < -0.4 is 10.6 Å². The molecular formula is C22H20FN3O3. The maximum Gasteiger partial charge on any atom is 0.337 e. The van der Waals surface area contributed by atoms with Crippen molar-refractivity contribution in [2.75, 3.05) is 24.3 Å². The minimum absolute atomic E-state index is 0.260. The molecule has 1 heterocycles. The number of hydrogen-bond acceptors (Lipinski definition) is 5. The fourth-order valence-electron chi connectivity index (χ4n) is 2.67. The summed E-state index contributed by atoms with van der Waals surface area (Å²) in [6, 6.07) is 14.5. The number of carbonyl (C=O) groups is 2. The van der Waals surface area contributed by atoms with Crippen molar-refractivity contribution in [3.63, 3.8) is 0 Å². The highest BCUT2D eigenvalue weighted by Crippen LogP contribution is 2.14. The predicted molar refractivity (Wildman–Crippen MR) is 109 cm³/mol. The van der Waals surface area contributed by atoms with Crippen LogP contribution >= 0.6 is 0 Å². The van der Waals surface area contributed by atoms with E-state index in [1.165, 1.54) is 25.4 Å². The average Bonchev–Trinajstić information content (AvgIpc) is 2.75. The normalized spacial score (nSPS) is 10.3. The number of benzene rings is 2. The molecule has 0 radical (unpaired) electrons. The molecule has 2 aromatic carbocycles. The number of ether oxygens (including phenoxy) is 1. The lowest BCUT2D eigenvalue weighted by atomic mass is 10.1. The van der Waals surface area contributed by atoms with Crippen LogP contribution in [0.1, 0.15) is 26.3 Å². The van der Waals surface area contributed by atoms with E-state index in [2.05, 4.69) is 20.4 Å². The van der Waals surface area contributed by atoms with Gasteiger partial charge in [0.25, 0.3) is 5.91 Å². The monoisotopic (exact) mass is 393 g/mol. The summed E-state index contributed by atoms with van der Waals surface area (Å²) in [6.45, 7) is 0.618. The molecule has 148 valence electrons. The average molecular weight is 393 g/mol. The van der Waals surface area contributed by atoms with Crippen molar-refractivity contribution in [1.29, 1.82) is 0 Å². The number of halogens is 1. The minimum atomic E-state index is -0.438. The molecule has 3 aromatic rings. The van der Waals surface area contributed by atoms with E-state index in [4.69, 9.17) is 0 Å². The molecule has 3 rings (SSSR count). The van der Waals surface area contributed by atoms with Crippen LogP contribution in [0.4, 0.5) is 15.8 Å². The number of amides is 1. The smallest absolute Gasteiger partial charge is 0.337 e. The number of nitrogens with zero attached hydrogens (tertiary/aromatic N) is 1. The number of hydrogen-bond donors (Lipinski definition) is 2. The van der Waals surface area contributed by atoms with Crippen LogP contribution in [0.15, 0.2) is 67.0 Å². The summed E-state index contributed by atoms with van der Waals surface area (Å²) in [5, 5.41) is 5.97. The largest absolute Gasteiger partial charge is 0.465 e. The summed E-state index contributed by atoms with van der Waals surface area (Å²) in [5.41, 5.74) is 3.07. The molecule has 0 saturated heterocycles. The highest BCUT2D eigenvalue weighted by molar-refractivity contribution is 6.04. The summed E-state index contributed by atoms with van der Waals surface area (Å²) in [7, 11) is 1.31. The number of pyridine rings is 1. The van der Waals surface area contributed by atoms with Crippen molar-refractivity contribution in [3.05, 3.63) is 89.5 Å². The summed E-state index contributed by atoms with van der Waals surface area (Å²) >= 11 is 0. The number of carbonyl (C=O) groups excluding carboxylic acids is 2. The molecule has 0 aliphatic heterocycles. The minimum Gasteiger partial charge on any atom is -0.465 e. The van der Waals surface area contributed by atoms with Crippen LogP contribution in [0.3, 0.4) is 0 Å². The predicted octanol–water partition coefficient (Wildman–Crippen LogP) is 3.91. The maximum atomic E-state index is 12.9. The number of nitrogens with one attached hydrogen (secondary N) is 2. The topological polar surface area (TPSA) is 80.3 Å². The van der Waals surface area contributed by atoms with Gasteiger partial charge in [0, 0.05) is 24.6 Å². The molecule has 2 N–H and O–H groups in total. The molecule has 0 bridgehead atoms. The molecule has 0 aliphatic rings. The van der Waals surface area contributed by atoms with Crippen LogP contribution in [0.2, 0.25) is 0 Å². The van der Waals surface area contributed by atoms with Gasteiger partial charge in [0.05, 0.1) is 23.9 Å². The van der Waals surface area contributed by atoms with Gasteiger partial charge in [0.15, 0.2) is 0 Å². The van der Waals surface area contributed by atoms with Crippen molar-refractivity contribution in [3.8, 4) is 0 Å². The molecule has 0 aliphatic carbocycles. The second kappa shape index (κ2) is 9.45. The van der Waals surface area contributed by atoms with E-state index in [1.807, 2.05) is 0 Å². The summed E-state index contributed by atoms with van der Waals surface area (Å²) in [5.74, 6) is -1.01. The van der Waals surface area contributed by atoms with E-state index < -0.39 is 5.97 Å². The zero-order valence-corrected chi connectivity index (χ0v) is 15.8. The molecule has 1 amide bonds. The van der Waals surface area contributed by atoms with Crippen LogP contribution in [0, 0.1) is 5.82 Å². The molecule has 0 saturated carbocycles. The highest BCUT2D eigenvalue weighted by Gasteiger charge is 2.09. The van der Waals surface area contributed by atoms with Gasteiger partial charge in [-0.05, 0) is 54.4 Å². The first kappa shape index (κ1) is 20.0. The molecular weight excluding hydrogens is 373 g/mol. The van der Waals surface area contributed by atoms with Crippen molar-refractivity contribution in [2.24, 2.45) is 0 Å². The molecule has 7 heteroatoms. The third kappa shape index (κ3) is 5.62. The van der Waals surface area contributed by atoms with Crippen molar-refractivity contribution in [2.45, 2.75) is 6.42 Å². The quantitative estimate of drug-likeness (QED) is 0.595. The highest BCUT2D eigenvalue weighted by atomic mass is 19.1. The Kier molecular flexibility index (Phi) is 6.52.